The Hall–Kier alpha value is -3.07. The third kappa shape index (κ3) is 4.04. The van der Waals surface area contributed by atoms with Crippen molar-refractivity contribution in [1.82, 2.24) is 25.2 Å². The Morgan fingerprint density at radius 3 is 2.93 bits per heavy atom. The number of halogens is 1. The van der Waals surface area contributed by atoms with E-state index < -0.39 is 0 Å². The summed E-state index contributed by atoms with van der Waals surface area (Å²) in [4.78, 5) is 23.5. The average molecular weight is 415 g/mol. The monoisotopic (exact) mass is 414 g/mol. The maximum absolute atomic E-state index is 12.8. The molecule has 1 aromatic carbocycles. The molecule has 10 heteroatoms. The number of hydrogen-bond donors (Lipinski definition) is 3. The second-order valence-electron chi connectivity index (χ2n) is 7.32. The van der Waals surface area contributed by atoms with E-state index in [4.69, 9.17) is 17.3 Å². The zero-order chi connectivity index (χ0) is 20.5. The molecule has 1 fully saturated rings. The van der Waals surface area contributed by atoms with Crippen molar-refractivity contribution in [2.45, 2.75) is 19.8 Å². The molecule has 4 N–H and O–H groups in total. The number of piperidine rings is 1. The van der Waals surface area contributed by atoms with E-state index in [2.05, 4.69) is 30.8 Å². The zero-order valence-corrected chi connectivity index (χ0v) is 17.1. The average Bonchev–Trinajstić information content (AvgIpc) is 3.13. The predicted molar refractivity (Wildman–Crippen MR) is 114 cm³/mol. The lowest BCUT2D eigenvalue weighted by Crippen LogP contribution is -2.44. The van der Waals surface area contributed by atoms with E-state index in [0.717, 1.165) is 30.6 Å². The molecule has 1 unspecified atom stereocenters. The Kier molecular flexibility index (Phi) is 5.14. The number of carbonyl (C=O) groups is 1. The van der Waals surface area contributed by atoms with E-state index in [-0.39, 0.29) is 17.8 Å². The highest BCUT2D eigenvalue weighted by Crippen LogP contribution is 2.28. The zero-order valence-electron chi connectivity index (χ0n) is 16.3. The highest BCUT2D eigenvalue weighted by molar-refractivity contribution is 6.31. The van der Waals surface area contributed by atoms with Gasteiger partial charge in [0.05, 0.1) is 23.3 Å². The number of benzene rings is 1. The summed E-state index contributed by atoms with van der Waals surface area (Å²) >= 11 is 6.18. The van der Waals surface area contributed by atoms with Crippen LogP contribution in [-0.2, 0) is 11.8 Å². The summed E-state index contributed by atoms with van der Waals surface area (Å²) in [5, 5.41) is 5.48. The molecular formula is C19H23ClN8O. The predicted octanol–water partition coefficient (Wildman–Crippen LogP) is 2.27. The highest BCUT2D eigenvalue weighted by atomic mass is 35.5. The number of amides is 1. The summed E-state index contributed by atoms with van der Waals surface area (Å²) in [7, 11) is 1.88. The quantitative estimate of drug-likeness (QED) is 0.561. The van der Waals surface area contributed by atoms with Crippen molar-refractivity contribution in [3.05, 3.63) is 35.1 Å². The molecule has 1 aliphatic rings. The molecule has 0 saturated carbocycles. The summed E-state index contributed by atoms with van der Waals surface area (Å²) in [6.07, 6.45) is 5.54. The molecule has 9 nitrogen and oxygen atoms in total. The highest BCUT2D eigenvalue weighted by Gasteiger charge is 2.26. The number of hydrogen-bond acceptors (Lipinski definition) is 7. The van der Waals surface area contributed by atoms with Gasteiger partial charge in [0.25, 0.3) is 0 Å². The molecule has 0 radical (unpaired) electrons. The van der Waals surface area contributed by atoms with Crippen LogP contribution in [0.3, 0.4) is 0 Å². The summed E-state index contributed by atoms with van der Waals surface area (Å²) in [6, 6.07) is 3.57. The Morgan fingerprint density at radius 2 is 2.17 bits per heavy atom. The molecule has 0 spiro atoms. The van der Waals surface area contributed by atoms with Gasteiger partial charge in [-0.3, -0.25) is 20.3 Å². The molecule has 29 heavy (non-hydrogen) atoms. The molecule has 0 bridgehead atoms. The van der Waals surface area contributed by atoms with Crippen LogP contribution in [0.5, 0.6) is 0 Å². The number of aromatic nitrogens is 4. The molecule has 1 aliphatic heterocycles. The first-order chi connectivity index (χ1) is 13.9. The second-order valence-corrected chi connectivity index (χ2v) is 7.76. The van der Waals surface area contributed by atoms with Crippen LogP contribution in [0.4, 0.5) is 17.5 Å². The summed E-state index contributed by atoms with van der Waals surface area (Å²) in [5.74, 6) is 0.307. The Bertz CT molecular complexity index is 1070. The van der Waals surface area contributed by atoms with Gasteiger partial charge in [0, 0.05) is 36.7 Å². The molecule has 1 atom stereocenters. The van der Waals surface area contributed by atoms with Gasteiger partial charge >= 0.3 is 0 Å². The normalized spacial score (nSPS) is 16.8. The minimum absolute atomic E-state index is 0.0947. The first kappa shape index (κ1) is 19.3. The van der Waals surface area contributed by atoms with E-state index in [1.54, 1.807) is 10.7 Å². The number of rotatable bonds is 4. The van der Waals surface area contributed by atoms with E-state index in [0.29, 0.717) is 28.3 Å². The molecule has 1 saturated heterocycles. The van der Waals surface area contributed by atoms with Crippen LogP contribution >= 0.6 is 11.6 Å². The summed E-state index contributed by atoms with van der Waals surface area (Å²) in [6.45, 7) is 3.45. The minimum atomic E-state index is -0.146. The first-order valence-electron chi connectivity index (χ1n) is 9.43. The minimum Gasteiger partial charge on any atom is -0.368 e. The van der Waals surface area contributed by atoms with Gasteiger partial charge in [-0.15, -0.1) is 0 Å². The van der Waals surface area contributed by atoms with E-state index >= 15 is 0 Å². The third-order valence-electron chi connectivity index (χ3n) is 5.13. The number of anilines is 3. The maximum Gasteiger partial charge on any atom is 0.243 e. The van der Waals surface area contributed by atoms with Crippen molar-refractivity contribution in [3.8, 4) is 0 Å². The summed E-state index contributed by atoms with van der Waals surface area (Å²) < 4.78 is 1.76. The fraction of sp³-hybridized carbons (Fsp3) is 0.368. The van der Waals surface area contributed by atoms with Crippen LogP contribution in [0, 0.1) is 12.8 Å². The van der Waals surface area contributed by atoms with Crippen molar-refractivity contribution in [1.29, 1.82) is 0 Å². The van der Waals surface area contributed by atoms with Gasteiger partial charge < -0.3 is 10.6 Å². The molecule has 3 heterocycles. The van der Waals surface area contributed by atoms with Gasteiger partial charge in [0.15, 0.2) is 5.82 Å². The molecule has 152 valence electrons. The smallest absolute Gasteiger partial charge is 0.243 e. The van der Waals surface area contributed by atoms with Gasteiger partial charge in [-0.05, 0) is 37.5 Å². The topological polar surface area (TPSA) is 114 Å². The van der Waals surface area contributed by atoms with Gasteiger partial charge in [-0.1, -0.05) is 11.6 Å². The van der Waals surface area contributed by atoms with E-state index in [1.807, 2.05) is 32.4 Å². The second kappa shape index (κ2) is 7.75. The van der Waals surface area contributed by atoms with E-state index in [9.17, 15) is 4.79 Å². The van der Waals surface area contributed by atoms with Gasteiger partial charge in [0.1, 0.15) is 0 Å². The van der Waals surface area contributed by atoms with Crippen molar-refractivity contribution in [3.63, 3.8) is 0 Å². The van der Waals surface area contributed by atoms with Crippen LogP contribution in [0.1, 0.15) is 18.4 Å². The van der Waals surface area contributed by atoms with E-state index in [1.165, 1.54) is 0 Å². The molecule has 4 rings (SSSR count). The molecule has 3 aromatic rings. The van der Waals surface area contributed by atoms with Gasteiger partial charge in [-0.25, -0.2) is 4.98 Å². The lowest BCUT2D eigenvalue weighted by Gasteiger charge is -2.32. The lowest BCUT2D eigenvalue weighted by molar-refractivity contribution is -0.124. The standard InChI is InChI=1S/C19H23ClN8O/c1-11-6-13(20)7-15-16(11)23-19(21)24-17(15)25-26-18(29)12-4-3-5-28(9-12)14-8-22-27(2)10-14/h6-8,10,12H,3-5,9H2,1-2H3,(H,26,29)(H3,21,23,24,25). The van der Waals surface area contributed by atoms with Crippen LogP contribution < -0.4 is 21.5 Å². The number of nitrogens with zero attached hydrogens (tertiary/aromatic N) is 5. The molecule has 1 amide bonds. The molecular weight excluding hydrogens is 392 g/mol. The lowest BCUT2D eigenvalue weighted by atomic mass is 9.97. The number of aryl methyl sites for hydroxylation is 2. The Morgan fingerprint density at radius 1 is 1.34 bits per heavy atom. The van der Waals surface area contributed by atoms with Crippen LogP contribution in [0.15, 0.2) is 24.5 Å². The summed E-state index contributed by atoms with van der Waals surface area (Å²) in [5.41, 5.74) is 14.1. The SMILES string of the molecule is Cc1cc(Cl)cc2c(NNC(=O)C3CCCN(c4cnn(C)c4)C3)nc(N)nc12. The van der Waals surface area contributed by atoms with Gasteiger partial charge in [0.2, 0.25) is 11.9 Å². The molecule has 0 aliphatic carbocycles. The number of nitrogens with two attached hydrogens (primary N) is 1. The van der Waals surface area contributed by atoms with Crippen LogP contribution in [0.25, 0.3) is 10.9 Å². The van der Waals surface area contributed by atoms with Crippen molar-refractivity contribution >= 4 is 45.9 Å². The molecule has 2 aromatic heterocycles. The Labute approximate surface area is 173 Å². The largest absolute Gasteiger partial charge is 0.368 e. The van der Waals surface area contributed by atoms with Crippen molar-refractivity contribution in [2.24, 2.45) is 13.0 Å². The first-order valence-corrected chi connectivity index (χ1v) is 9.81. The fourth-order valence-electron chi connectivity index (χ4n) is 3.69. The third-order valence-corrected chi connectivity index (χ3v) is 5.34. The van der Waals surface area contributed by atoms with Crippen molar-refractivity contribution in [2.75, 3.05) is 29.1 Å². The van der Waals surface area contributed by atoms with Crippen LogP contribution in [-0.4, -0.2) is 38.7 Å². The number of carbonyl (C=O) groups excluding carboxylic acids is 1. The number of nitrogen functional groups attached to an aromatic ring is 1. The fourth-order valence-corrected chi connectivity index (χ4v) is 3.97. The number of hydrazine groups is 1. The van der Waals surface area contributed by atoms with Crippen molar-refractivity contribution < 1.29 is 4.79 Å². The van der Waals surface area contributed by atoms with Gasteiger partial charge in [-0.2, -0.15) is 10.1 Å². The maximum atomic E-state index is 12.8. The van der Waals surface area contributed by atoms with Crippen LogP contribution in [0.2, 0.25) is 5.02 Å². The Balaban J connectivity index is 1.48. The number of fused-ring (bicyclic) bond motifs is 1. The number of nitrogens with one attached hydrogen (secondary N) is 2.